The number of amides is 2. The van der Waals surface area contributed by atoms with Crippen LogP contribution in [0.1, 0.15) is 17.3 Å². The smallest absolute Gasteiger partial charge is 0.310 e. The number of nitrogens with one attached hydrogen (secondary N) is 2. The number of nitro benzene ring substituents is 1. The van der Waals surface area contributed by atoms with Gasteiger partial charge in [0.25, 0.3) is 11.8 Å². The number of hydrogen-bond donors (Lipinski definition) is 2. The van der Waals surface area contributed by atoms with Crippen LogP contribution in [0.2, 0.25) is 0 Å². The zero-order valence-electron chi connectivity index (χ0n) is 16.4. The van der Waals surface area contributed by atoms with E-state index in [4.69, 9.17) is 4.74 Å². The molecule has 3 aromatic carbocycles. The molecule has 1 unspecified atom stereocenters. The van der Waals surface area contributed by atoms with Gasteiger partial charge in [-0.05, 0) is 55.5 Å². The topological polar surface area (TPSA) is 111 Å². The molecule has 0 saturated carbocycles. The Bertz CT molecular complexity index is 1120. The predicted octanol–water partition coefficient (Wildman–Crippen LogP) is 4.39. The zero-order chi connectivity index (χ0) is 22.4. The van der Waals surface area contributed by atoms with Gasteiger partial charge in [0.2, 0.25) is 0 Å². The van der Waals surface area contributed by atoms with Gasteiger partial charge in [-0.1, -0.05) is 18.2 Å². The summed E-state index contributed by atoms with van der Waals surface area (Å²) < 4.78 is 18.4. The lowest BCUT2D eigenvalue weighted by Gasteiger charge is -2.15. The van der Waals surface area contributed by atoms with E-state index in [1.54, 1.807) is 24.3 Å². The van der Waals surface area contributed by atoms with Crippen molar-refractivity contribution < 1.29 is 23.6 Å². The fourth-order valence-electron chi connectivity index (χ4n) is 2.67. The molecule has 8 nitrogen and oxygen atoms in total. The fourth-order valence-corrected chi connectivity index (χ4v) is 2.67. The number of carbonyl (C=O) groups is 2. The Morgan fingerprint density at radius 1 is 0.968 bits per heavy atom. The molecule has 3 rings (SSSR count). The summed E-state index contributed by atoms with van der Waals surface area (Å²) >= 11 is 0. The molecule has 0 fully saturated rings. The summed E-state index contributed by atoms with van der Waals surface area (Å²) in [7, 11) is 0. The number of rotatable bonds is 7. The lowest BCUT2D eigenvalue weighted by atomic mass is 10.1. The minimum Gasteiger partial charge on any atom is -0.474 e. The second-order valence-electron chi connectivity index (χ2n) is 6.52. The highest BCUT2D eigenvalue weighted by atomic mass is 19.1. The number of anilines is 2. The Morgan fingerprint density at radius 3 is 2.39 bits per heavy atom. The molecule has 2 N–H and O–H groups in total. The monoisotopic (exact) mass is 423 g/mol. The largest absolute Gasteiger partial charge is 0.474 e. The SMILES string of the molecule is CC(Oc1ccccc1[N+](=O)[O-])C(=O)Nc1cccc(C(=O)Nc2ccc(F)cc2)c1. The first-order chi connectivity index (χ1) is 14.8. The molecule has 0 radical (unpaired) electrons. The van der Waals surface area contributed by atoms with Gasteiger partial charge in [0, 0.05) is 23.0 Å². The van der Waals surface area contributed by atoms with Crippen molar-refractivity contribution in [3.63, 3.8) is 0 Å². The van der Waals surface area contributed by atoms with Gasteiger partial charge in [0.1, 0.15) is 5.82 Å². The van der Waals surface area contributed by atoms with E-state index in [1.165, 1.54) is 55.5 Å². The first kappa shape index (κ1) is 21.4. The van der Waals surface area contributed by atoms with Crippen molar-refractivity contribution >= 4 is 28.9 Å². The molecule has 0 saturated heterocycles. The summed E-state index contributed by atoms with van der Waals surface area (Å²) in [6.45, 7) is 1.46. The van der Waals surface area contributed by atoms with Crippen molar-refractivity contribution in [1.82, 2.24) is 0 Å². The Morgan fingerprint density at radius 2 is 1.68 bits per heavy atom. The van der Waals surface area contributed by atoms with Gasteiger partial charge in [0.15, 0.2) is 11.9 Å². The van der Waals surface area contributed by atoms with Gasteiger partial charge in [-0.25, -0.2) is 4.39 Å². The lowest BCUT2D eigenvalue weighted by Crippen LogP contribution is -2.30. The summed E-state index contributed by atoms with van der Waals surface area (Å²) in [5, 5.41) is 16.3. The Hall–Kier alpha value is -4.27. The van der Waals surface area contributed by atoms with Crippen molar-refractivity contribution in [3.8, 4) is 5.75 Å². The number of carbonyl (C=O) groups excluding carboxylic acids is 2. The van der Waals surface area contributed by atoms with E-state index in [0.29, 0.717) is 11.4 Å². The van der Waals surface area contributed by atoms with Gasteiger partial charge in [-0.15, -0.1) is 0 Å². The van der Waals surface area contributed by atoms with Crippen LogP contribution in [0.5, 0.6) is 5.75 Å². The van der Waals surface area contributed by atoms with Crippen molar-refractivity contribution in [3.05, 3.63) is 94.3 Å². The number of ether oxygens (including phenoxy) is 1. The van der Waals surface area contributed by atoms with Crippen molar-refractivity contribution in [2.75, 3.05) is 10.6 Å². The predicted molar refractivity (Wildman–Crippen MR) is 113 cm³/mol. The van der Waals surface area contributed by atoms with Crippen molar-refractivity contribution in [1.29, 1.82) is 0 Å². The quantitative estimate of drug-likeness (QED) is 0.432. The van der Waals surface area contributed by atoms with Gasteiger partial charge in [0.05, 0.1) is 4.92 Å². The number of nitrogens with zero attached hydrogens (tertiary/aromatic N) is 1. The number of benzene rings is 3. The van der Waals surface area contributed by atoms with E-state index in [2.05, 4.69) is 10.6 Å². The van der Waals surface area contributed by atoms with Crippen molar-refractivity contribution in [2.45, 2.75) is 13.0 Å². The average molecular weight is 423 g/mol. The van der Waals surface area contributed by atoms with Crippen LogP contribution in [0.15, 0.2) is 72.8 Å². The lowest BCUT2D eigenvalue weighted by molar-refractivity contribution is -0.386. The second-order valence-corrected chi connectivity index (χ2v) is 6.52. The molecule has 0 heterocycles. The van der Waals surface area contributed by atoms with E-state index < -0.39 is 28.7 Å². The van der Waals surface area contributed by atoms with Gasteiger partial charge in [-0.3, -0.25) is 19.7 Å². The molecule has 0 aromatic heterocycles. The summed E-state index contributed by atoms with van der Waals surface area (Å²) in [4.78, 5) is 35.4. The molecule has 158 valence electrons. The van der Waals surface area contributed by atoms with Crippen LogP contribution in [-0.2, 0) is 4.79 Å². The molecule has 0 aliphatic heterocycles. The minimum absolute atomic E-state index is 0.0254. The standard InChI is InChI=1S/C22H18FN3O5/c1-14(31-20-8-3-2-7-19(20)26(29)30)21(27)25-18-6-4-5-15(13-18)22(28)24-17-11-9-16(23)10-12-17/h2-14H,1H3,(H,24,28)(H,25,27). The van der Waals surface area contributed by atoms with E-state index in [0.717, 1.165) is 0 Å². The summed E-state index contributed by atoms with van der Waals surface area (Å²) in [6.07, 6.45) is -1.03. The van der Waals surface area contributed by atoms with Crippen LogP contribution in [0.4, 0.5) is 21.5 Å². The highest BCUT2D eigenvalue weighted by Crippen LogP contribution is 2.27. The maximum absolute atomic E-state index is 13.0. The van der Waals surface area contributed by atoms with E-state index in [9.17, 15) is 24.1 Å². The van der Waals surface area contributed by atoms with Gasteiger partial charge < -0.3 is 15.4 Å². The first-order valence-electron chi connectivity index (χ1n) is 9.21. The minimum atomic E-state index is -1.03. The molecule has 9 heteroatoms. The molecule has 0 bridgehead atoms. The maximum Gasteiger partial charge on any atom is 0.310 e. The molecule has 31 heavy (non-hydrogen) atoms. The molecule has 0 spiro atoms. The molecule has 0 aliphatic rings. The molecule has 2 amide bonds. The third kappa shape index (κ3) is 5.63. The Kier molecular flexibility index (Phi) is 6.56. The van der Waals surface area contributed by atoms with Crippen LogP contribution in [0.3, 0.4) is 0 Å². The third-order valence-corrected chi connectivity index (χ3v) is 4.23. The number of halogens is 1. The third-order valence-electron chi connectivity index (χ3n) is 4.23. The summed E-state index contributed by atoms with van der Waals surface area (Å²) in [5.74, 6) is -1.43. The summed E-state index contributed by atoms with van der Waals surface area (Å²) in [5.41, 5.74) is 0.790. The highest BCUT2D eigenvalue weighted by molar-refractivity contribution is 6.05. The van der Waals surface area contributed by atoms with Crippen LogP contribution in [0.25, 0.3) is 0 Å². The first-order valence-corrected chi connectivity index (χ1v) is 9.21. The fraction of sp³-hybridized carbons (Fsp3) is 0.0909. The number of para-hydroxylation sites is 2. The molecular weight excluding hydrogens is 405 g/mol. The van der Waals surface area contributed by atoms with Gasteiger partial charge in [-0.2, -0.15) is 0 Å². The Balaban J connectivity index is 1.66. The molecule has 3 aromatic rings. The number of nitro groups is 1. The molecule has 1 atom stereocenters. The maximum atomic E-state index is 13.0. The highest BCUT2D eigenvalue weighted by Gasteiger charge is 2.21. The van der Waals surface area contributed by atoms with Crippen molar-refractivity contribution in [2.24, 2.45) is 0 Å². The second kappa shape index (κ2) is 9.49. The van der Waals surface area contributed by atoms with Crippen LogP contribution in [-0.4, -0.2) is 22.8 Å². The van der Waals surface area contributed by atoms with Gasteiger partial charge >= 0.3 is 5.69 Å². The normalized spacial score (nSPS) is 11.3. The van der Waals surface area contributed by atoms with Crippen LogP contribution < -0.4 is 15.4 Å². The zero-order valence-corrected chi connectivity index (χ0v) is 16.4. The van der Waals surface area contributed by atoms with Crippen LogP contribution >= 0.6 is 0 Å². The Labute approximate surface area is 176 Å². The molecular formula is C22H18FN3O5. The van der Waals surface area contributed by atoms with E-state index >= 15 is 0 Å². The van der Waals surface area contributed by atoms with Crippen LogP contribution in [0, 0.1) is 15.9 Å². The summed E-state index contributed by atoms with van der Waals surface area (Å²) in [6, 6.07) is 17.3. The number of hydrogen-bond acceptors (Lipinski definition) is 5. The van der Waals surface area contributed by atoms with E-state index in [1.807, 2.05) is 0 Å². The van der Waals surface area contributed by atoms with E-state index in [-0.39, 0.29) is 17.0 Å². The molecule has 0 aliphatic carbocycles. The average Bonchev–Trinajstić information content (AvgIpc) is 2.75.